The molecule has 0 saturated carbocycles. The number of hydrogen-bond donors (Lipinski definition) is 1. The minimum atomic E-state index is -0.565. The third-order valence-corrected chi connectivity index (χ3v) is 6.56. The van der Waals surface area contributed by atoms with E-state index in [4.69, 9.17) is 4.74 Å². The lowest BCUT2D eigenvalue weighted by Gasteiger charge is -2.16. The first-order valence-corrected chi connectivity index (χ1v) is 10.5. The number of nitrogens with zero attached hydrogens (tertiary/aromatic N) is 2. The van der Waals surface area contributed by atoms with E-state index >= 15 is 0 Å². The zero-order valence-electron chi connectivity index (χ0n) is 15.5. The Morgan fingerprint density at radius 3 is 2.73 bits per heavy atom. The molecule has 3 rings (SSSR count). The van der Waals surface area contributed by atoms with Crippen LogP contribution in [0.15, 0.2) is 35.6 Å². The van der Waals surface area contributed by atoms with Crippen LogP contribution in [0.5, 0.6) is 5.75 Å². The summed E-state index contributed by atoms with van der Waals surface area (Å²) < 4.78 is 5.87. The molecule has 0 bridgehead atoms. The smallest absolute Gasteiger partial charge is 0.128 e. The van der Waals surface area contributed by atoms with Crippen molar-refractivity contribution in [3.8, 4) is 5.75 Å². The molecular weight excluding hydrogens is 364 g/mol. The highest BCUT2D eigenvalue weighted by Crippen LogP contribution is 2.34. The van der Waals surface area contributed by atoms with Gasteiger partial charge >= 0.3 is 0 Å². The molecular formula is C20H24N2O2S2. The Kier molecular flexibility index (Phi) is 6.16. The summed E-state index contributed by atoms with van der Waals surface area (Å²) in [6.45, 7) is 8.75. The Hall–Kier alpha value is -1.63. The molecule has 0 aliphatic carbocycles. The number of hydrogen-bond acceptors (Lipinski definition) is 6. The number of benzene rings is 1. The molecule has 3 aromatic rings. The van der Waals surface area contributed by atoms with Gasteiger partial charge in [-0.2, -0.15) is 0 Å². The molecule has 138 valence electrons. The van der Waals surface area contributed by atoms with Crippen LogP contribution < -0.4 is 4.74 Å². The summed E-state index contributed by atoms with van der Waals surface area (Å²) in [5.74, 6) is 1.77. The second-order valence-corrected chi connectivity index (χ2v) is 8.82. The molecule has 6 heteroatoms. The summed E-state index contributed by atoms with van der Waals surface area (Å²) in [6.07, 6.45) is 1.03. The Morgan fingerprint density at radius 1 is 1.19 bits per heavy atom. The standard InChI is InChI=1S/C20H24N2O2S2/c1-12(2)16-7-5-6-8-17(16)24-9-15(23)10-25-19-18-13(3)14(4)26-20(18)22-11-21-19/h5-8,11-12,15,23H,9-10H2,1-4H3. The van der Waals surface area contributed by atoms with E-state index in [1.165, 1.54) is 10.4 Å². The Bertz CT molecular complexity index is 893. The Labute approximate surface area is 162 Å². The van der Waals surface area contributed by atoms with E-state index in [2.05, 4.69) is 43.7 Å². The highest BCUT2D eigenvalue weighted by molar-refractivity contribution is 7.99. The van der Waals surface area contributed by atoms with Gasteiger partial charge in [-0.15, -0.1) is 23.1 Å². The van der Waals surface area contributed by atoms with E-state index < -0.39 is 6.10 Å². The van der Waals surface area contributed by atoms with Crippen molar-refractivity contribution >= 4 is 33.3 Å². The van der Waals surface area contributed by atoms with E-state index in [1.807, 2.05) is 18.2 Å². The third-order valence-electron chi connectivity index (χ3n) is 4.32. The van der Waals surface area contributed by atoms with Crippen LogP contribution in [0.25, 0.3) is 10.2 Å². The lowest BCUT2D eigenvalue weighted by atomic mass is 10.0. The molecule has 1 unspecified atom stereocenters. The summed E-state index contributed by atoms with van der Waals surface area (Å²) >= 11 is 3.24. The van der Waals surface area contributed by atoms with Crippen LogP contribution in [0.2, 0.25) is 0 Å². The summed E-state index contributed by atoms with van der Waals surface area (Å²) in [7, 11) is 0. The largest absolute Gasteiger partial charge is 0.491 e. The highest BCUT2D eigenvalue weighted by Gasteiger charge is 2.15. The molecule has 4 nitrogen and oxygen atoms in total. The van der Waals surface area contributed by atoms with Gasteiger partial charge in [0.25, 0.3) is 0 Å². The third kappa shape index (κ3) is 4.19. The molecule has 2 aromatic heterocycles. The molecule has 0 aliphatic heterocycles. The molecule has 0 fully saturated rings. The minimum absolute atomic E-state index is 0.270. The van der Waals surface area contributed by atoms with Gasteiger partial charge in [-0.1, -0.05) is 32.0 Å². The van der Waals surface area contributed by atoms with Gasteiger partial charge in [-0.05, 0) is 37.0 Å². The van der Waals surface area contributed by atoms with Gasteiger partial charge in [-0.3, -0.25) is 0 Å². The SMILES string of the molecule is Cc1sc2ncnc(SCC(O)COc3ccccc3C(C)C)c2c1C. The molecule has 1 N–H and O–H groups in total. The first-order valence-electron chi connectivity index (χ1n) is 8.70. The number of ether oxygens (including phenoxy) is 1. The second-order valence-electron chi connectivity index (χ2n) is 6.61. The maximum atomic E-state index is 10.4. The number of para-hydroxylation sites is 1. The number of thioether (sulfide) groups is 1. The fourth-order valence-electron chi connectivity index (χ4n) is 2.76. The molecule has 0 saturated heterocycles. The molecule has 2 heterocycles. The average molecular weight is 389 g/mol. The van der Waals surface area contributed by atoms with Crippen molar-refractivity contribution in [2.24, 2.45) is 0 Å². The lowest BCUT2D eigenvalue weighted by Crippen LogP contribution is -2.20. The molecule has 1 atom stereocenters. The van der Waals surface area contributed by atoms with Crippen LogP contribution in [0.1, 0.15) is 35.8 Å². The summed E-state index contributed by atoms with van der Waals surface area (Å²) in [5.41, 5.74) is 2.39. The average Bonchev–Trinajstić information content (AvgIpc) is 2.93. The number of rotatable bonds is 7. The molecule has 0 radical (unpaired) electrons. The summed E-state index contributed by atoms with van der Waals surface area (Å²) in [4.78, 5) is 11.0. The van der Waals surface area contributed by atoms with Crippen LogP contribution in [-0.4, -0.2) is 33.5 Å². The van der Waals surface area contributed by atoms with Crippen LogP contribution in [-0.2, 0) is 0 Å². The van der Waals surface area contributed by atoms with Crippen molar-refractivity contribution in [2.75, 3.05) is 12.4 Å². The zero-order chi connectivity index (χ0) is 18.7. The molecule has 0 aliphatic rings. The predicted octanol–water partition coefficient (Wildman–Crippen LogP) is 4.96. The number of aliphatic hydroxyl groups excluding tert-OH is 1. The number of thiophene rings is 1. The number of aliphatic hydroxyl groups is 1. The molecule has 1 aromatic carbocycles. The fourth-order valence-corrected chi connectivity index (χ4v) is 4.78. The van der Waals surface area contributed by atoms with Crippen molar-refractivity contribution in [1.29, 1.82) is 0 Å². The van der Waals surface area contributed by atoms with Crippen molar-refractivity contribution < 1.29 is 9.84 Å². The van der Waals surface area contributed by atoms with Gasteiger partial charge in [-0.25, -0.2) is 9.97 Å². The summed E-state index contributed by atoms with van der Waals surface area (Å²) in [6, 6.07) is 8.00. The van der Waals surface area contributed by atoms with Gasteiger partial charge in [0.05, 0.1) is 6.10 Å². The fraction of sp³-hybridized carbons (Fsp3) is 0.400. The maximum absolute atomic E-state index is 10.4. The van der Waals surface area contributed by atoms with Gasteiger partial charge in [0.1, 0.15) is 28.5 Å². The van der Waals surface area contributed by atoms with E-state index in [-0.39, 0.29) is 6.61 Å². The number of aryl methyl sites for hydroxylation is 2. The zero-order valence-corrected chi connectivity index (χ0v) is 17.2. The first-order chi connectivity index (χ1) is 12.5. The van der Waals surface area contributed by atoms with Crippen LogP contribution in [0.4, 0.5) is 0 Å². The molecule has 0 spiro atoms. The monoisotopic (exact) mass is 388 g/mol. The Morgan fingerprint density at radius 2 is 1.96 bits per heavy atom. The van der Waals surface area contributed by atoms with E-state index in [0.29, 0.717) is 11.7 Å². The predicted molar refractivity (Wildman–Crippen MR) is 110 cm³/mol. The quantitative estimate of drug-likeness (QED) is 0.458. The van der Waals surface area contributed by atoms with Crippen molar-refractivity contribution in [3.63, 3.8) is 0 Å². The number of aromatic nitrogens is 2. The lowest BCUT2D eigenvalue weighted by molar-refractivity contribution is 0.125. The van der Waals surface area contributed by atoms with Gasteiger partial charge < -0.3 is 9.84 Å². The van der Waals surface area contributed by atoms with Crippen molar-refractivity contribution in [2.45, 2.75) is 44.7 Å². The van der Waals surface area contributed by atoms with Crippen LogP contribution in [0, 0.1) is 13.8 Å². The van der Waals surface area contributed by atoms with E-state index in [0.717, 1.165) is 26.6 Å². The van der Waals surface area contributed by atoms with Gasteiger partial charge in [0.2, 0.25) is 0 Å². The number of fused-ring (bicyclic) bond motifs is 1. The van der Waals surface area contributed by atoms with Crippen molar-refractivity contribution in [1.82, 2.24) is 9.97 Å². The van der Waals surface area contributed by atoms with Gasteiger partial charge in [0.15, 0.2) is 0 Å². The van der Waals surface area contributed by atoms with Crippen molar-refractivity contribution in [3.05, 3.63) is 46.6 Å². The van der Waals surface area contributed by atoms with Gasteiger partial charge in [0, 0.05) is 16.0 Å². The Balaban J connectivity index is 1.63. The topological polar surface area (TPSA) is 55.2 Å². The first kappa shape index (κ1) is 19.1. The van der Waals surface area contributed by atoms with Crippen LogP contribution in [0.3, 0.4) is 0 Å². The second kappa shape index (κ2) is 8.37. The molecule has 26 heavy (non-hydrogen) atoms. The summed E-state index contributed by atoms with van der Waals surface area (Å²) in [5, 5.41) is 12.4. The minimum Gasteiger partial charge on any atom is -0.491 e. The molecule has 0 amide bonds. The highest BCUT2D eigenvalue weighted by atomic mass is 32.2. The van der Waals surface area contributed by atoms with E-state index in [9.17, 15) is 5.11 Å². The van der Waals surface area contributed by atoms with E-state index in [1.54, 1.807) is 29.4 Å². The maximum Gasteiger partial charge on any atom is 0.128 e. The van der Waals surface area contributed by atoms with Crippen LogP contribution >= 0.6 is 23.1 Å². The normalized spacial score (nSPS) is 12.7.